The van der Waals surface area contributed by atoms with Crippen molar-refractivity contribution in [2.75, 3.05) is 0 Å². The Morgan fingerprint density at radius 3 is 2.86 bits per heavy atom. The Labute approximate surface area is 92.8 Å². The second-order valence-corrected chi connectivity index (χ2v) is 4.44. The van der Waals surface area contributed by atoms with Gasteiger partial charge in [-0.05, 0) is 11.6 Å². The van der Waals surface area contributed by atoms with E-state index in [0.29, 0.717) is 10.0 Å². The molecule has 2 rings (SSSR count). The van der Waals surface area contributed by atoms with E-state index < -0.39 is 18.1 Å². The lowest BCUT2D eigenvalue weighted by Gasteiger charge is -2.09. The Hall–Kier alpha value is -0.190. The van der Waals surface area contributed by atoms with Gasteiger partial charge in [0.1, 0.15) is 18.1 Å². The Balaban J connectivity index is 2.67. The highest BCUT2D eigenvalue weighted by Crippen LogP contribution is 2.42. The number of halogens is 4. The summed E-state index contributed by atoms with van der Waals surface area (Å²) < 4.78 is 26.7. The lowest BCUT2D eigenvalue weighted by atomic mass is 10.1. The van der Waals surface area contributed by atoms with Gasteiger partial charge in [-0.3, -0.25) is 0 Å². The fourth-order valence-corrected chi connectivity index (χ4v) is 2.51. The molecule has 5 heteroatoms. The minimum Gasteiger partial charge on any atom is -0.385 e. The van der Waals surface area contributed by atoms with Crippen LogP contribution in [0.25, 0.3) is 0 Å². The Kier molecular flexibility index (Phi) is 2.53. The van der Waals surface area contributed by atoms with E-state index >= 15 is 0 Å². The number of fused-ring (bicyclic) bond motifs is 1. The number of aliphatic hydroxyl groups is 1. The van der Waals surface area contributed by atoms with Crippen LogP contribution in [-0.4, -0.2) is 11.3 Å². The quantitative estimate of drug-likeness (QED) is 0.725. The average Bonchev–Trinajstić information content (AvgIpc) is 2.41. The first-order valence-electron chi connectivity index (χ1n) is 4.00. The van der Waals surface area contributed by atoms with Crippen molar-refractivity contribution in [3.05, 3.63) is 32.5 Å². The number of rotatable bonds is 0. The molecule has 0 bridgehead atoms. The zero-order valence-electron chi connectivity index (χ0n) is 6.90. The van der Waals surface area contributed by atoms with Crippen LogP contribution in [0, 0.1) is 5.82 Å². The number of hydrogen-bond acceptors (Lipinski definition) is 1. The maximum absolute atomic E-state index is 13.1. The van der Waals surface area contributed by atoms with E-state index in [9.17, 15) is 13.9 Å². The smallest absolute Gasteiger partial charge is 0.143 e. The summed E-state index contributed by atoms with van der Waals surface area (Å²) >= 11 is 8.76. The minimum atomic E-state index is -1.40. The standard InChI is InChI=1S/C9H6BrClF2O/c10-4-2-5(12)8(11)7-3(4)1-6(13)9(7)14/h2,6,9,14H,1H2/t6-,9-/m1/s1. The molecule has 0 fully saturated rings. The van der Waals surface area contributed by atoms with Crippen LogP contribution in [0.1, 0.15) is 17.2 Å². The van der Waals surface area contributed by atoms with Gasteiger partial charge in [0.05, 0.1) is 5.02 Å². The third kappa shape index (κ3) is 1.36. The van der Waals surface area contributed by atoms with Crippen molar-refractivity contribution in [1.29, 1.82) is 0 Å². The van der Waals surface area contributed by atoms with E-state index in [4.69, 9.17) is 11.6 Å². The van der Waals surface area contributed by atoms with Gasteiger partial charge in [0.2, 0.25) is 0 Å². The molecule has 0 aromatic heterocycles. The highest BCUT2D eigenvalue weighted by molar-refractivity contribution is 9.10. The molecule has 0 unspecified atom stereocenters. The molecular weight excluding hydrogens is 277 g/mol. The molecule has 1 aromatic carbocycles. The molecule has 0 aliphatic heterocycles. The van der Waals surface area contributed by atoms with Crippen LogP contribution in [0.2, 0.25) is 5.02 Å². The molecule has 0 heterocycles. The van der Waals surface area contributed by atoms with E-state index in [1.165, 1.54) is 6.07 Å². The lowest BCUT2D eigenvalue weighted by molar-refractivity contribution is 0.0925. The summed E-state index contributed by atoms with van der Waals surface area (Å²) in [6.45, 7) is 0. The Bertz CT molecular complexity index is 397. The predicted molar refractivity (Wildman–Crippen MR) is 52.7 cm³/mol. The zero-order chi connectivity index (χ0) is 10.5. The van der Waals surface area contributed by atoms with Crippen LogP contribution >= 0.6 is 27.5 Å². The highest BCUT2D eigenvalue weighted by Gasteiger charge is 2.35. The molecule has 0 saturated heterocycles. The third-order valence-electron chi connectivity index (χ3n) is 2.35. The predicted octanol–water partition coefficient (Wildman–Crippen LogP) is 3.17. The SMILES string of the molecule is O[C@H]1c2c(Cl)c(F)cc(Br)c2C[C@H]1F. The van der Waals surface area contributed by atoms with Gasteiger partial charge >= 0.3 is 0 Å². The first kappa shape index (κ1) is 10.3. The number of benzene rings is 1. The number of hydrogen-bond donors (Lipinski definition) is 1. The highest BCUT2D eigenvalue weighted by atomic mass is 79.9. The molecule has 2 atom stereocenters. The fraction of sp³-hybridized carbons (Fsp3) is 0.333. The van der Waals surface area contributed by atoms with Gasteiger partial charge in [0.15, 0.2) is 0 Å². The van der Waals surface area contributed by atoms with Gasteiger partial charge in [0.25, 0.3) is 0 Å². The molecule has 1 nitrogen and oxygen atoms in total. The van der Waals surface area contributed by atoms with Gasteiger partial charge in [-0.15, -0.1) is 0 Å². The molecule has 0 saturated carbocycles. The molecule has 1 aromatic rings. The maximum atomic E-state index is 13.1. The van der Waals surface area contributed by atoms with Crippen LogP contribution in [0.5, 0.6) is 0 Å². The van der Waals surface area contributed by atoms with Crippen molar-refractivity contribution >= 4 is 27.5 Å². The van der Waals surface area contributed by atoms with Crippen molar-refractivity contribution in [1.82, 2.24) is 0 Å². The van der Waals surface area contributed by atoms with E-state index in [1.807, 2.05) is 0 Å². The number of alkyl halides is 1. The van der Waals surface area contributed by atoms with E-state index in [1.54, 1.807) is 0 Å². The van der Waals surface area contributed by atoms with Crippen molar-refractivity contribution in [3.8, 4) is 0 Å². The summed E-state index contributed by atoms with van der Waals surface area (Å²) in [5, 5.41) is 9.25. The zero-order valence-corrected chi connectivity index (χ0v) is 9.24. The largest absolute Gasteiger partial charge is 0.385 e. The molecule has 0 spiro atoms. The molecule has 1 aliphatic carbocycles. The van der Waals surface area contributed by atoms with Crippen molar-refractivity contribution < 1.29 is 13.9 Å². The van der Waals surface area contributed by atoms with Gasteiger partial charge in [0, 0.05) is 16.5 Å². The summed E-state index contributed by atoms with van der Waals surface area (Å²) in [5.41, 5.74) is 0.724. The van der Waals surface area contributed by atoms with Crippen LogP contribution in [0.15, 0.2) is 10.5 Å². The monoisotopic (exact) mass is 282 g/mol. The summed E-state index contributed by atoms with van der Waals surface area (Å²) in [4.78, 5) is 0. The molecule has 14 heavy (non-hydrogen) atoms. The van der Waals surface area contributed by atoms with Gasteiger partial charge < -0.3 is 5.11 Å². The summed E-state index contributed by atoms with van der Waals surface area (Å²) in [7, 11) is 0. The second-order valence-electron chi connectivity index (χ2n) is 3.21. The molecule has 1 N–H and O–H groups in total. The van der Waals surface area contributed by atoms with Crippen molar-refractivity contribution in [2.45, 2.75) is 18.7 Å². The average molecular weight is 283 g/mol. The topological polar surface area (TPSA) is 20.2 Å². The normalized spacial score (nSPS) is 25.2. The Morgan fingerprint density at radius 2 is 2.21 bits per heavy atom. The van der Waals surface area contributed by atoms with Gasteiger partial charge in [-0.25, -0.2) is 8.78 Å². The van der Waals surface area contributed by atoms with Crippen molar-refractivity contribution in [2.24, 2.45) is 0 Å². The van der Waals surface area contributed by atoms with Crippen molar-refractivity contribution in [3.63, 3.8) is 0 Å². The second kappa shape index (κ2) is 3.43. The van der Waals surface area contributed by atoms with E-state index in [2.05, 4.69) is 15.9 Å². The van der Waals surface area contributed by atoms with Gasteiger partial charge in [-0.1, -0.05) is 27.5 Å². The van der Waals surface area contributed by atoms with Crippen LogP contribution < -0.4 is 0 Å². The lowest BCUT2D eigenvalue weighted by Crippen LogP contribution is -2.06. The van der Waals surface area contributed by atoms with Crippen LogP contribution in [0.4, 0.5) is 8.78 Å². The van der Waals surface area contributed by atoms with E-state index in [-0.39, 0.29) is 17.0 Å². The third-order valence-corrected chi connectivity index (χ3v) is 3.44. The molecular formula is C9H6BrClF2O. The maximum Gasteiger partial charge on any atom is 0.143 e. The first-order chi connectivity index (χ1) is 6.52. The number of aliphatic hydroxyl groups excluding tert-OH is 1. The molecule has 0 amide bonds. The fourth-order valence-electron chi connectivity index (χ4n) is 1.65. The van der Waals surface area contributed by atoms with Crippen LogP contribution in [0.3, 0.4) is 0 Å². The van der Waals surface area contributed by atoms with E-state index in [0.717, 1.165) is 0 Å². The summed E-state index contributed by atoms with van der Waals surface area (Å²) in [6, 6.07) is 1.19. The van der Waals surface area contributed by atoms with Gasteiger partial charge in [-0.2, -0.15) is 0 Å². The molecule has 76 valence electrons. The van der Waals surface area contributed by atoms with Crippen LogP contribution in [-0.2, 0) is 6.42 Å². The Morgan fingerprint density at radius 1 is 1.57 bits per heavy atom. The molecule has 1 aliphatic rings. The minimum absolute atomic E-state index is 0.0666. The first-order valence-corrected chi connectivity index (χ1v) is 5.18. The summed E-state index contributed by atoms with van der Waals surface area (Å²) in [5.74, 6) is -0.648. The summed E-state index contributed by atoms with van der Waals surface area (Å²) in [6.07, 6.45) is -2.65. The molecule has 0 radical (unpaired) electrons.